The van der Waals surface area contributed by atoms with E-state index in [1.807, 2.05) is 0 Å². The van der Waals surface area contributed by atoms with Crippen molar-refractivity contribution in [1.82, 2.24) is 4.98 Å². The maximum atomic E-state index is 12.4. The zero-order valence-corrected chi connectivity index (χ0v) is 10.7. The molecule has 0 fully saturated rings. The molecule has 0 unspecified atom stereocenters. The molecule has 0 spiro atoms. The van der Waals surface area contributed by atoms with Gasteiger partial charge in [-0.3, -0.25) is 9.69 Å². The molecule has 18 heavy (non-hydrogen) atoms. The number of amides is 1. The average molecular weight is 325 g/mol. The standard InChI is InChI=1S/C10H8BrF3N2O2/c1-5-9(17)16(4-10(12,13)14)6-2-3-7(11)15-8(6)18-5/h2-3,5H,4H2,1H3/t5-/m1/s1. The molecular formula is C10H8BrF3N2O2. The fourth-order valence-corrected chi connectivity index (χ4v) is 1.89. The number of carbonyl (C=O) groups is 1. The number of aromatic nitrogens is 1. The summed E-state index contributed by atoms with van der Waals surface area (Å²) in [6.07, 6.45) is -5.46. The van der Waals surface area contributed by atoms with E-state index >= 15 is 0 Å². The summed E-state index contributed by atoms with van der Waals surface area (Å²) >= 11 is 3.09. The van der Waals surface area contributed by atoms with Crippen molar-refractivity contribution in [2.24, 2.45) is 0 Å². The van der Waals surface area contributed by atoms with Gasteiger partial charge in [0.1, 0.15) is 16.8 Å². The number of fused-ring (bicyclic) bond motifs is 1. The monoisotopic (exact) mass is 324 g/mol. The van der Waals surface area contributed by atoms with E-state index in [-0.39, 0.29) is 11.6 Å². The van der Waals surface area contributed by atoms with Crippen LogP contribution in [0.1, 0.15) is 6.92 Å². The van der Waals surface area contributed by atoms with Gasteiger partial charge in [0.2, 0.25) is 5.88 Å². The number of rotatable bonds is 1. The highest BCUT2D eigenvalue weighted by molar-refractivity contribution is 9.10. The zero-order chi connectivity index (χ0) is 13.5. The molecule has 4 nitrogen and oxygen atoms in total. The van der Waals surface area contributed by atoms with Crippen LogP contribution in [0.25, 0.3) is 0 Å². The predicted molar refractivity (Wildman–Crippen MR) is 60.4 cm³/mol. The third-order valence-corrected chi connectivity index (χ3v) is 2.78. The van der Waals surface area contributed by atoms with Gasteiger partial charge < -0.3 is 4.74 Å². The Hall–Kier alpha value is -1.31. The van der Waals surface area contributed by atoms with Crippen LogP contribution in [0.5, 0.6) is 5.88 Å². The second-order valence-electron chi connectivity index (χ2n) is 3.76. The van der Waals surface area contributed by atoms with Gasteiger partial charge in [0.05, 0.1) is 0 Å². The summed E-state index contributed by atoms with van der Waals surface area (Å²) in [5.74, 6) is -0.718. The summed E-state index contributed by atoms with van der Waals surface area (Å²) in [5.41, 5.74) is 0.0265. The summed E-state index contributed by atoms with van der Waals surface area (Å²) in [4.78, 5) is 16.3. The van der Waals surface area contributed by atoms with Gasteiger partial charge in [0.15, 0.2) is 6.10 Å². The molecule has 1 aromatic heterocycles. The Balaban J connectivity index is 2.42. The first-order valence-corrected chi connectivity index (χ1v) is 5.78. The van der Waals surface area contributed by atoms with Crippen molar-refractivity contribution in [1.29, 1.82) is 0 Å². The largest absolute Gasteiger partial charge is 0.463 e. The third-order valence-electron chi connectivity index (χ3n) is 2.34. The van der Waals surface area contributed by atoms with Crippen LogP contribution < -0.4 is 9.64 Å². The lowest BCUT2D eigenvalue weighted by Crippen LogP contribution is -2.48. The van der Waals surface area contributed by atoms with Crippen LogP contribution in [-0.4, -0.2) is 29.7 Å². The van der Waals surface area contributed by atoms with Crippen LogP contribution >= 0.6 is 15.9 Å². The van der Waals surface area contributed by atoms with Crippen molar-refractivity contribution in [3.05, 3.63) is 16.7 Å². The fourth-order valence-electron chi connectivity index (χ4n) is 1.60. The van der Waals surface area contributed by atoms with Gasteiger partial charge in [-0.2, -0.15) is 13.2 Å². The van der Waals surface area contributed by atoms with Gasteiger partial charge in [0.25, 0.3) is 5.91 Å². The van der Waals surface area contributed by atoms with Crippen molar-refractivity contribution in [2.45, 2.75) is 19.2 Å². The van der Waals surface area contributed by atoms with E-state index in [1.54, 1.807) is 0 Å². The van der Waals surface area contributed by atoms with E-state index < -0.39 is 24.7 Å². The Bertz CT molecular complexity index is 493. The minimum absolute atomic E-state index is 0.0146. The normalized spacial score (nSPS) is 19.5. The minimum atomic E-state index is -4.48. The molecule has 2 rings (SSSR count). The number of hydrogen-bond acceptors (Lipinski definition) is 3. The summed E-state index contributed by atoms with van der Waals surface area (Å²) in [5, 5.41) is 0. The highest BCUT2D eigenvalue weighted by Crippen LogP contribution is 2.35. The van der Waals surface area contributed by atoms with Crippen molar-refractivity contribution in [2.75, 3.05) is 11.4 Å². The van der Waals surface area contributed by atoms with Crippen LogP contribution in [0, 0.1) is 0 Å². The van der Waals surface area contributed by atoms with Gasteiger partial charge >= 0.3 is 6.18 Å². The molecule has 0 aromatic carbocycles. The third kappa shape index (κ3) is 2.58. The molecule has 1 aliphatic rings. The van der Waals surface area contributed by atoms with Gasteiger partial charge in [-0.15, -0.1) is 0 Å². The Morgan fingerprint density at radius 3 is 2.78 bits per heavy atom. The van der Waals surface area contributed by atoms with Crippen LogP contribution in [0.15, 0.2) is 16.7 Å². The molecule has 98 valence electrons. The topological polar surface area (TPSA) is 42.4 Å². The van der Waals surface area contributed by atoms with Crippen LogP contribution in [0.3, 0.4) is 0 Å². The Morgan fingerprint density at radius 2 is 2.17 bits per heavy atom. The Morgan fingerprint density at radius 1 is 1.50 bits per heavy atom. The number of hydrogen-bond donors (Lipinski definition) is 0. The molecule has 0 radical (unpaired) electrons. The summed E-state index contributed by atoms with van der Waals surface area (Å²) in [7, 11) is 0. The lowest BCUT2D eigenvalue weighted by Gasteiger charge is -2.32. The number of ether oxygens (including phenoxy) is 1. The molecule has 1 aromatic rings. The van der Waals surface area contributed by atoms with Crippen molar-refractivity contribution in [3.63, 3.8) is 0 Å². The number of pyridine rings is 1. The maximum absolute atomic E-state index is 12.4. The molecule has 1 aliphatic heterocycles. The van der Waals surface area contributed by atoms with E-state index in [9.17, 15) is 18.0 Å². The highest BCUT2D eigenvalue weighted by Gasteiger charge is 2.40. The molecule has 8 heteroatoms. The van der Waals surface area contributed by atoms with E-state index in [4.69, 9.17) is 4.74 Å². The minimum Gasteiger partial charge on any atom is -0.463 e. The Kier molecular flexibility index (Phi) is 3.22. The van der Waals surface area contributed by atoms with Crippen LogP contribution in [-0.2, 0) is 4.79 Å². The number of anilines is 1. The molecule has 0 bridgehead atoms. The Labute approximate surface area is 109 Å². The average Bonchev–Trinajstić information content (AvgIpc) is 2.23. The number of nitrogens with zero attached hydrogens (tertiary/aromatic N) is 2. The zero-order valence-electron chi connectivity index (χ0n) is 9.16. The van der Waals surface area contributed by atoms with Crippen molar-refractivity contribution in [3.8, 4) is 5.88 Å². The maximum Gasteiger partial charge on any atom is 0.406 e. The molecule has 0 saturated carbocycles. The molecule has 2 heterocycles. The second-order valence-corrected chi connectivity index (χ2v) is 4.57. The molecule has 0 N–H and O–H groups in total. The van der Waals surface area contributed by atoms with Crippen molar-refractivity contribution >= 4 is 27.5 Å². The van der Waals surface area contributed by atoms with Gasteiger partial charge in [-0.1, -0.05) is 0 Å². The summed E-state index contributed by atoms with van der Waals surface area (Å²) in [6, 6.07) is 2.82. The first-order chi connectivity index (χ1) is 8.28. The number of carbonyl (C=O) groups excluding carboxylic acids is 1. The summed E-state index contributed by atoms with van der Waals surface area (Å²) in [6.45, 7) is 0.0348. The SMILES string of the molecule is C[C@H]1Oc2nc(Br)ccc2N(CC(F)(F)F)C1=O. The quantitative estimate of drug-likeness (QED) is 0.745. The van der Waals surface area contributed by atoms with Crippen molar-refractivity contribution < 1.29 is 22.7 Å². The number of halogens is 4. The molecule has 1 atom stereocenters. The first kappa shape index (κ1) is 13.1. The smallest absolute Gasteiger partial charge is 0.406 e. The lowest BCUT2D eigenvalue weighted by atomic mass is 10.2. The van der Waals surface area contributed by atoms with Crippen LogP contribution in [0.2, 0.25) is 0 Å². The molecular weight excluding hydrogens is 317 g/mol. The molecule has 1 amide bonds. The van der Waals surface area contributed by atoms with E-state index in [0.29, 0.717) is 9.50 Å². The summed E-state index contributed by atoms with van der Waals surface area (Å²) < 4.78 is 42.9. The number of alkyl halides is 3. The first-order valence-electron chi connectivity index (χ1n) is 4.99. The second kappa shape index (κ2) is 4.42. The van der Waals surface area contributed by atoms with E-state index in [0.717, 1.165) is 0 Å². The fraction of sp³-hybridized carbons (Fsp3) is 0.400. The van der Waals surface area contributed by atoms with Gasteiger partial charge in [0, 0.05) is 0 Å². The lowest BCUT2D eigenvalue weighted by molar-refractivity contribution is -0.137. The predicted octanol–water partition coefficient (Wildman–Crippen LogP) is 2.52. The molecule has 0 aliphatic carbocycles. The van der Waals surface area contributed by atoms with Crippen LogP contribution in [0.4, 0.5) is 18.9 Å². The van der Waals surface area contributed by atoms with Gasteiger partial charge in [-0.05, 0) is 35.0 Å². The van der Waals surface area contributed by atoms with E-state index in [1.165, 1.54) is 19.1 Å². The molecule has 0 saturated heterocycles. The van der Waals surface area contributed by atoms with Gasteiger partial charge in [-0.25, -0.2) is 4.98 Å². The van der Waals surface area contributed by atoms with E-state index in [2.05, 4.69) is 20.9 Å². The highest BCUT2D eigenvalue weighted by atomic mass is 79.9.